The lowest BCUT2D eigenvalue weighted by Crippen LogP contribution is -2.48. The number of fused-ring (bicyclic) bond motifs is 1. The standard InChI is InChI=1S/C31H38N4O3S/c1-2-39(37,38)35-18-16-33(17-19-35)23-27-6-5-9-29(20-27)31(36)32-21-25-10-12-26(13-11-25)22-34-15-14-28-7-3-4-8-30(28)24-34/h3-13,20H,2,14-19,21-24H2,1H3,(H,32,36). The first-order chi connectivity index (χ1) is 18.9. The lowest BCUT2D eigenvalue weighted by atomic mass is 9.99. The molecule has 2 aliphatic rings. The Hall–Kier alpha value is -3.04. The van der Waals surface area contributed by atoms with E-state index < -0.39 is 10.0 Å². The maximum Gasteiger partial charge on any atom is 0.251 e. The van der Waals surface area contributed by atoms with Gasteiger partial charge in [0.1, 0.15) is 0 Å². The summed E-state index contributed by atoms with van der Waals surface area (Å²) in [5, 5.41) is 3.05. The molecule has 1 fully saturated rings. The van der Waals surface area contributed by atoms with E-state index in [1.165, 1.54) is 16.7 Å². The number of nitrogens with zero attached hydrogens (tertiary/aromatic N) is 3. The molecule has 0 spiro atoms. The van der Waals surface area contributed by atoms with Crippen molar-refractivity contribution < 1.29 is 13.2 Å². The number of carbonyl (C=O) groups excluding carboxylic acids is 1. The van der Waals surface area contributed by atoms with E-state index in [1.54, 1.807) is 11.2 Å². The van der Waals surface area contributed by atoms with Gasteiger partial charge in [-0.25, -0.2) is 8.42 Å². The van der Waals surface area contributed by atoms with Crippen LogP contribution < -0.4 is 5.32 Å². The molecular formula is C31H38N4O3S. The fourth-order valence-electron chi connectivity index (χ4n) is 5.41. The predicted molar refractivity (Wildman–Crippen MR) is 155 cm³/mol. The normalized spacial score (nSPS) is 17.1. The Morgan fingerprint density at radius 1 is 0.769 bits per heavy atom. The van der Waals surface area contributed by atoms with Crippen LogP contribution in [0, 0.1) is 0 Å². The molecule has 3 aromatic rings. The van der Waals surface area contributed by atoms with E-state index in [0.717, 1.165) is 37.2 Å². The Bertz CT molecular complexity index is 1380. The Morgan fingerprint density at radius 2 is 1.46 bits per heavy atom. The van der Waals surface area contributed by atoms with Crippen molar-refractivity contribution in [2.45, 2.75) is 39.5 Å². The molecule has 0 aromatic heterocycles. The lowest BCUT2D eigenvalue weighted by molar-refractivity contribution is 0.0950. The van der Waals surface area contributed by atoms with Crippen molar-refractivity contribution in [2.75, 3.05) is 38.5 Å². The van der Waals surface area contributed by atoms with Gasteiger partial charge in [0.2, 0.25) is 10.0 Å². The molecule has 0 aliphatic carbocycles. The van der Waals surface area contributed by atoms with Gasteiger partial charge in [0.05, 0.1) is 5.75 Å². The number of piperazine rings is 1. The summed E-state index contributed by atoms with van der Waals surface area (Å²) >= 11 is 0. The van der Waals surface area contributed by atoms with E-state index >= 15 is 0 Å². The van der Waals surface area contributed by atoms with Crippen molar-refractivity contribution in [3.63, 3.8) is 0 Å². The summed E-state index contributed by atoms with van der Waals surface area (Å²) in [6.45, 7) is 8.27. The van der Waals surface area contributed by atoms with Crippen LogP contribution in [0.2, 0.25) is 0 Å². The quantitative estimate of drug-likeness (QED) is 0.444. The average Bonchev–Trinajstić information content (AvgIpc) is 2.97. The van der Waals surface area contributed by atoms with Gasteiger partial charge >= 0.3 is 0 Å². The van der Waals surface area contributed by atoms with Crippen molar-refractivity contribution in [1.29, 1.82) is 0 Å². The van der Waals surface area contributed by atoms with E-state index in [4.69, 9.17) is 0 Å². The number of amides is 1. The van der Waals surface area contributed by atoms with Crippen LogP contribution in [0.4, 0.5) is 0 Å². The van der Waals surface area contributed by atoms with Crippen molar-refractivity contribution in [3.05, 3.63) is 106 Å². The summed E-state index contributed by atoms with van der Waals surface area (Å²) in [5.74, 6) is 0.0503. The van der Waals surface area contributed by atoms with E-state index in [2.05, 4.69) is 63.6 Å². The van der Waals surface area contributed by atoms with Gasteiger partial charge in [-0.05, 0) is 53.3 Å². The summed E-state index contributed by atoms with van der Waals surface area (Å²) in [4.78, 5) is 17.6. The molecule has 206 valence electrons. The highest BCUT2D eigenvalue weighted by molar-refractivity contribution is 7.89. The Labute approximate surface area is 232 Å². The lowest BCUT2D eigenvalue weighted by Gasteiger charge is -2.33. The fourth-order valence-corrected chi connectivity index (χ4v) is 6.50. The van der Waals surface area contributed by atoms with Crippen LogP contribution in [0.25, 0.3) is 0 Å². The van der Waals surface area contributed by atoms with Crippen molar-refractivity contribution >= 4 is 15.9 Å². The number of hydrogen-bond acceptors (Lipinski definition) is 5. The minimum absolute atomic E-state index is 0.0910. The second-order valence-electron chi connectivity index (χ2n) is 10.5. The molecule has 1 amide bonds. The zero-order valence-electron chi connectivity index (χ0n) is 22.7. The highest BCUT2D eigenvalue weighted by Gasteiger charge is 2.25. The molecular weight excluding hydrogens is 508 g/mol. The maximum atomic E-state index is 12.9. The summed E-state index contributed by atoms with van der Waals surface area (Å²) in [6, 6.07) is 24.9. The first kappa shape index (κ1) is 27.5. The second kappa shape index (κ2) is 12.4. The van der Waals surface area contributed by atoms with Crippen LogP contribution >= 0.6 is 0 Å². The Morgan fingerprint density at radius 3 is 2.21 bits per heavy atom. The first-order valence-electron chi connectivity index (χ1n) is 13.8. The van der Waals surface area contributed by atoms with Crippen LogP contribution in [0.5, 0.6) is 0 Å². The molecule has 0 bridgehead atoms. The van der Waals surface area contributed by atoms with Gasteiger partial charge in [0, 0.05) is 64.5 Å². The summed E-state index contributed by atoms with van der Waals surface area (Å²) < 4.78 is 25.8. The molecule has 2 aliphatic heterocycles. The van der Waals surface area contributed by atoms with Crippen LogP contribution in [-0.4, -0.2) is 66.9 Å². The molecule has 39 heavy (non-hydrogen) atoms. The molecule has 5 rings (SSSR count). The third-order valence-electron chi connectivity index (χ3n) is 7.78. The summed E-state index contributed by atoms with van der Waals surface area (Å²) in [6.07, 6.45) is 1.10. The number of benzene rings is 3. The Balaban J connectivity index is 1.09. The zero-order chi connectivity index (χ0) is 27.2. The van der Waals surface area contributed by atoms with Crippen LogP contribution in [0.1, 0.15) is 45.1 Å². The molecule has 0 saturated carbocycles. The third kappa shape index (κ3) is 7.13. The number of carbonyl (C=O) groups is 1. The third-order valence-corrected chi connectivity index (χ3v) is 9.66. The maximum absolute atomic E-state index is 12.9. The minimum Gasteiger partial charge on any atom is -0.348 e. The van der Waals surface area contributed by atoms with E-state index in [0.29, 0.717) is 44.8 Å². The largest absolute Gasteiger partial charge is 0.348 e. The van der Waals surface area contributed by atoms with E-state index in [1.807, 2.05) is 24.3 Å². The van der Waals surface area contributed by atoms with Gasteiger partial charge in [0.15, 0.2) is 0 Å². The van der Waals surface area contributed by atoms with Gasteiger partial charge in [-0.3, -0.25) is 14.6 Å². The average molecular weight is 547 g/mol. The highest BCUT2D eigenvalue weighted by atomic mass is 32.2. The predicted octanol–water partition coefficient (Wildman–Crippen LogP) is 3.64. The van der Waals surface area contributed by atoms with Gasteiger partial charge in [-0.2, -0.15) is 4.31 Å². The molecule has 7 nitrogen and oxygen atoms in total. The first-order valence-corrected chi connectivity index (χ1v) is 15.4. The number of rotatable bonds is 9. The summed E-state index contributed by atoms with van der Waals surface area (Å²) in [7, 11) is -3.13. The van der Waals surface area contributed by atoms with Crippen LogP contribution in [0.3, 0.4) is 0 Å². The molecule has 0 atom stereocenters. The molecule has 0 unspecified atom stereocenters. The highest BCUT2D eigenvalue weighted by Crippen LogP contribution is 2.20. The van der Waals surface area contributed by atoms with E-state index in [9.17, 15) is 13.2 Å². The molecule has 1 N–H and O–H groups in total. The number of nitrogens with one attached hydrogen (secondary N) is 1. The van der Waals surface area contributed by atoms with E-state index in [-0.39, 0.29) is 11.7 Å². The Kier molecular flexibility index (Phi) is 8.77. The topological polar surface area (TPSA) is 73.0 Å². The van der Waals surface area contributed by atoms with Gasteiger partial charge < -0.3 is 5.32 Å². The smallest absolute Gasteiger partial charge is 0.251 e. The molecule has 3 aromatic carbocycles. The van der Waals surface area contributed by atoms with Gasteiger partial charge in [-0.15, -0.1) is 0 Å². The van der Waals surface area contributed by atoms with Gasteiger partial charge in [-0.1, -0.05) is 60.7 Å². The van der Waals surface area contributed by atoms with Gasteiger partial charge in [0.25, 0.3) is 5.91 Å². The zero-order valence-corrected chi connectivity index (χ0v) is 23.5. The molecule has 1 saturated heterocycles. The monoisotopic (exact) mass is 546 g/mol. The molecule has 2 heterocycles. The molecule has 8 heteroatoms. The number of sulfonamides is 1. The SMILES string of the molecule is CCS(=O)(=O)N1CCN(Cc2cccc(C(=O)NCc3ccc(CN4CCc5ccccc5C4)cc3)c2)CC1. The minimum atomic E-state index is -3.13. The van der Waals surface area contributed by atoms with Crippen molar-refractivity contribution in [1.82, 2.24) is 19.4 Å². The molecule has 0 radical (unpaired) electrons. The number of hydrogen-bond donors (Lipinski definition) is 1. The second-order valence-corrected chi connectivity index (χ2v) is 12.8. The summed E-state index contributed by atoms with van der Waals surface area (Å²) in [5.41, 5.74) is 6.95. The van der Waals surface area contributed by atoms with Crippen molar-refractivity contribution in [3.8, 4) is 0 Å². The fraction of sp³-hybridized carbons (Fsp3) is 0.387. The van der Waals surface area contributed by atoms with Crippen LogP contribution in [0.15, 0.2) is 72.8 Å². The van der Waals surface area contributed by atoms with Crippen LogP contribution in [-0.2, 0) is 42.6 Å². The van der Waals surface area contributed by atoms with Crippen molar-refractivity contribution in [2.24, 2.45) is 0 Å².